The molecular formula is C44H70O16. The van der Waals surface area contributed by atoms with Crippen LogP contribution in [0.4, 0.5) is 0 Å². The molecule has 0 amide bonds. The van der Waals surface area contributed by atoms with Gasteiger partial charge in [0.2, 0.25) is 0 Å². The van der Waals surface area contributed by atoms with Crippen LogP contribution in [0.2, 0.25) is 0 Å². The van der Waals surface area contributed by atoms with Gasteiger partial charge in [0.1, 0.15) is 54.9 Å². The third-order valence-electron chi connectivity index (χ3n) is 17.3. The number of hydrogen-bond donors (Lipinski definition) is 8. The Morgan fingerprint density at radius 1 is 0.683 bits per heavy atom. The van der Waals surface area contributed by atoms with E-state index in [4.69, 9.17) is 37.9 Å². The van der Waals surface area contributed by atoms with Crippen molar-refractivity contribution in [2.24, 2.45) is 46.3 Å². The number of ether oxygens (including phenoxy) is 8. The summed E-state index contributed by atoms with van der Waals surface area (Å²) in [7, 11) is 0. The molecule has 0 aromatic carbocycles. The molecule has 16 heteroatoms. The number of aliphatic hydroxyl groups is 8. The lowest BCUT2D eigenvalue weighted by atomic mass is 9.46. The average molecular weight is 855 g/mol. The van der Waals surface area contributed by atoms with Crippen molar-refractivity contribution < 1.29 is 78.7 Å². The van der Waals surface area contributed by atoms with Crippen LogP contribution in [0.1, 0.15) is 92.9 Å². The van der Waals surface area contributed by atoms with Crippen molar-refractivity contribution in [3.8, 4) is 0 Å². The molecule has 1 spiro atoms. The van der Waals surface area contributed by atoms with Crippen molar-refractivity contribution in [2.45, 2.75) is 203 Å². The summed E-state index contributed by atoms with van der Waals surface area (Å²) in [6.45, 7) is 12.8. The van der Waals surface area contributed by atoms with Gasteiger partial charge in [0, 0.05) is 24.2 Å². The van der Waals surface area contributed by atoms with Crippen LogP contribution in [0.15, 0.2) is 11.6 Å². The molecule has 0 radical (unpaired) electrons. The first-order valence-corrected chi connectivity index (χ1v) is 22.7. The molecule has 5 aliphatic heterocycles. The Morgan fingerprint density at radius 2 is 1.38 bits per heavy atom. The van der Waals surface area contributed by atoms with Crippen molar-refractivity contribution in [1.29, 1.82) is 0 Å². The normalized spacial score (nSPS) is 59.2. The molecule has 5 saturated heterocycles. The minimum absolute atomic E-state index is 0.0699. The van der Waals surface area contributed by atoms with Crippen LogP contribution in [-0.4, -0.2) is 164 Å². The van der Waals surface area contributed by atoms with Crippen LogP contribution < -0.4 is 0 Å². The van der Waals surface area contributed by atoms with Gasteiger partial charge in [-0.3, -0.25) is 0 Å². The maximum atomic E-state index is 11.6. The average Bonchev–Trinajstić information content (AvgIpc) is 3.66. The van der Waals surface area contributed by atoms with Gasteiger partial charge < -0.3 is 78.7 Å². The fourth-order valence-electron chi connectivity index (χ4n) is 13.8. The Kier molecular flexibility index (Phi) is 12.0. The van der Waals surface area contributed by atoms with Crippen LogP contribution in [-0.2, 0) is 37.9 Å². The molecule has 8 N–H and O–H groups in total. The van der Waals surface area contributed by atoms with Gasteiger partial charge in [-0.1, -0.05) is 39.3 Å². The number of aliphatic hydroxyl groups excluding tert-OH is 8. The summed E-state index contributed by atoms with van der Waals surface area (Å²) >= 11 is 0. The number of fused-ring (bicyclic) bond motifs is 7. The molecule has 8 fully saturated rings. The summed E-state index contributed by atoms with van der Waals surface area (Å²) in [5.41, 5.74) is 0.681. The zero-order valence-corrected chi connectivity index (χ0v) is 35.8. The molecule has 7 unspecified atom stereocenters. The van der Waals surface area contributed by atoms with Gasteiger partial charge in [-0.05, 0) is 87.4 Å². The van der Waals surface area contributed by atoms with Crippen molar-refractivity contribution in [2.75, 3.05) is 13.2 Å². The van der Waals surface area contributed by atoms with Gasteiger partial charge >= 0.3 is 0 Å². The second-order valence-electron chi connectivity index (χ2n) is 20.7. The Balaban J connectivity index is 1.01. The Hall–Kier alpha value is -0.900. The van der Waals surface area contributed by atoms with Crippen LogP contribution >= 0.6 is 0 Å². The van der Waals surface area contributed by atoms with E-state index in [0.29, 0.717) is 30.1 Å². The minimum atomic E-state index is -1.72. The van der Waals surface area contributed by atoms with Crippen LogP contribution in [0.25, 0.3) is 0 Å². The van der Waals surface area contributed by atoms with Gasteiger partial charge in [-0.15, -0.1) is 0 Å². The first kappa shape index (κ1) is 44.3. The van der Waals surface area contributed by atoms with E-state index < -0.39 is 109 Å². The number of hydrogen-bond acceptors (Lipinski definition) is 16. The van der Waals surface area contributed by atoms with E-state index in [9.17, 15) is 40.9 Å². The third-order valence-corrected chi connectivity index (χ3v) is 17.3. The van der Waals surface area contributed by atoms with Crippen molar-refractivity contribution in [1.82, 2.24) is 0 Å². The molecule has 9 aliphatic rings. The van der Waals surface area contributed by atoms with Gasteiger partial charge in [0.05, 0.1) is 43.7 Å². The highest BCUT2D eigenvalue weighted by atomic mass is 16.8. The first-order valence-electron chi connectivity index (χ1n) is 22.7. The second kappa shape index (κ2) is 16.2. The molecule has 60 heavy (non-hydrogen) atoms. The maximum Gasteiger partial charge on any atom is 0.187 e. The highest BCUT2D eigenvalue weighted by Gasteiger charge is 2.69. The Bertz CT molecular complexity index is 1580. The summed E-state index contributed by atoms with van der Waals surface area (Å²) in [6, 6.07) is 0. The summed E-state index contributed by atoms with van der Waals surface area (Å²) in [4.78, 5) is 0. The summed E-state index contributed by atoms with van der Waals surface area (Å²) in [5, 5.41) is 86.8. The smallest absolute Gasteiger partial charge is 0.187 e. The van der Waals surface area contributed by atoms with E-state index in [-0.39, 0.29) is 36.4 Å². The molecule has 9 rings (SSSR count). The lowest BCUT2D eigenvalue weighted by molar-refractivity contribution is -0.391. The summed E-state index contributed by atoms with van der Waals surface area (Å²) < 4.78 is 51.1. The molecule has 342 valence electrons. The van der Waals surface area contributed by atoms with Crippen molar-refractivity contribution in [3.63, 3.8) is 0 Å². The van der Waals surface area contributed by atoms with E-state index in [1.807, 2.05) is 0 Å². The van der Waals surface area contributed by atoms with Gasteiger partial charge in [-0.2, -0.15) is 0 Å². The molecule has 4 aliphatic carbocycles. The molecular weight excluding hydrogens is 784 g/mol. The Morgan fingerprint density at radius 3 is 2.12 bits per heavy atom. The predicted molar refractivity (Wildman–Crippen MR) is 208 cm³/mol. The lowest BCUT2D eigenvalue weighted by Crippen LogP contribution is -2.66. The van der Waals surface area contributed by atoms with E-state index >= 15 is 0 Å². The molecule has 0 aromatic heterocycles. The van der Waals surface area contributed by atoms with E-state index in [2.05, 4.69) is 33.8 Å². The maximum absolute atomic E-state index is 11.6. The zero-order valence-electron chi connectivity index (χ0n) is 35.8. The topological polar surface area (TPSA) is 236 Å². The predicted octanol–water partition coefficient (Wildman–Crippen LogP) is 0.852. The van der Waals surface area contributed by atoms with E-state index in [1.54, 1.807) is 6.92 Å². The van der Waals surface area contributed by atoms with Crippen molar-refractivity contribution in [3.05, 3.63) is 11.6 Å². The van der Waals surface area contributed by atoms with Crippen LogP contribution in [0, 0.1) is 46.3 Å². The molecule has 5 heterocycles. The SMILES string of the molecule is CC1CCC2(OC1)OC1CC3[C@@H]4CC=C5C[C@@H](O)C[C@@H](O[C@@H]6O[C@H](C)[C@H](O)[C@@H](O[C@@H]7OC[C@@H](O)[C@@H](O)[C@H]7O)[C@H]6O[C@@H]6O[C@H](C)[C@H](O)[C@@H](O)[C@H]6O)[C@]5(C)C4CC[C@]3(C)C1C2C. The van der Waals surface area contributed by atoms with Gasteiger partial charge in [0.15, 0.2) is 24.7 Å². The zero-order chi connectivity index (χ0) is 42.8. The quantitative estimate of drug-likeness (QED) is 0.173. The summed E-state index contributed by atoms with van der Waals surface area (Å²) in [6.07, 6.45) is -12.0. The molecule has 0 bridgehead atoms. The van der Waals surface area contributed by atoms with Crippen LogP contribution in [0.5, 0.6) is 0 Å². The second-order valence-corrected chi connectivity index (χ2v) is 20.7. The molecule has 16 nitrogen and oxygen atoms in total. The highest BCUT2D eigenvalue weighted by molar-refractivity contribution is 5.29. The third kappa shape index (κ3) is 7.01. The Labute approximate surface area is 352 Å². The van der Waals surface area contributed by atoms with Gasteiger partial charge in [-0.25, -0.2) is 0 Å². The highest BCUT2D eigenvalue weighted by Crippen LogP contribution is 2.71. The lowest BCUT2D eigenvalue weighted by Gasteiger charge is -2.60. The standard InChI is InChI=1S/C44H70O16/c1-18-9-12-44(54-16-18)19(2)30-28(60-44)15-26-24-8-7-22-13-23(45)14-29(43(22,6)25(24)10-11-42(26,30)5)57-41-38(59-40-36(52)34(50)31(47)20(3)55-40)37(32(48)21(4)56-41)58-39-35(51)33(49)27(46)17-53-39/h7,18-21,23-41,45-52H,8-17H2,1-6H3/t18?,19?,20-,21-,23-,24-,25?,26?,27-,28?,29-,30?,31+,32+,33-,34-,35-,36-,37-,38-,39+,40+,41+,42+,43+,44?/m1/s1. The number of allylic oxidation sites excluding steroid dienone is 1. The fourth-order valence-corrected chi connectivity index (χ4v) is 13.8. The molecule has 26 atom stereocenters. The largest absolute Gasteiger partial charge is 0.393 e. The molecule has 3 saturated carbocycles. The monoisotopic (exact) mass is 854 g/mol. The van der Waals surface area contributed by atoms with Crippen LogP contribution in [0.3, 0.4) is 0 Å². The summed E-state index contributed by atoms with van der Waals surface area (Å²) in [5.74, 6) is 1.67. The van der Waals surface area contributed by atoms with Crippen molar-refractivity contribution >= 4 is 0 Å². The minimum Gasteiger partial charge on any atom is -0.393 e. The van der Waals surface area contributed by atoms with Gasteiger partial charge in [0.25, 0.3) is 0 Å². The fraction of sp³-hybridized carbons (Fsp3) is 0.955. The number of rotatable bonds is 6. The van der Waals surface area contributed by atoms with E-state index in [1.165, 1.54) is 6.92 Å². The molecule has 0 aromatic rings. The van der Waals surface area contributed by atoms with E-state index in [0.717, 1.165) is 50.7 Å². The first-order chi connectivity index (χ1) is 28.4.